The number of hydrogen-bond acceptors (Lipinski definition) is 4. The number of nitrogens with one attached hydrogen (secondary N) is 1. The van der Waals surface area contributed by atoms with Crippen LogP contribution in [0.25, 0.3) is 0 Å². The molecule has 0 aliphatic heterocycles. The third-order valence-corrected chi connectivity index (χ3v) is 3.52. The maximum absolute atomic E-state index is 11.5. The first-order valence-electron chi connectivity index (χ1n) is 6.36. The molecule has 0 aliphatic carbocycles. The fraction of sp³-hybridized carbons (Fsp3) is 0.500. The molecule has 0 radical (unpaired) electrons. The summed E-state index contributed by atoms with van der Waals surface area (Å²) in [6.45, 7) is 4.92. The number of carbonyl (C=O) groups is 1. The lowest BCUT2D eigenvalue weighted by atomic mass is 10.1. The van der Waals surface area contributed by atoms with Gasteiger partial charge in [0, 0.05) is 17.5 Å². The Morgan fingerprint density at radius 3 is 2.68 bits per heavy atom. The Hall–Kier alpha value is -1.20. The molecule has 0 fully saturated rings. The quantitative estimate of drug-likeness (QED) is 0.753. The van der Waals surface area contributed by atoms with Crippen molar-refractivity contribution in [1.82, 2.24) is 4.90 Å². The van der Waals surface area contributed by atoms with E-state index in [0.717, 1.165) is 17.2 Å². The van der Waals surface area contributed by atoms with E-state index >= 15 is 0 Å². The molecule has 0 heterocycles. The number of anilines is 1. The highest BCUT2D eigenvalue weighted by atomic mass is 32.2. The Morgan fingerprint density at radius 1 is 1.47 bits per heavy atom. The van der Waals surface area contributed by atoms with E-state index in [1.807, 2.05) is 46.1 Å². The molecule has 5 heteroatoms. The van der Waals surface area contributed by atoms with Crippen molar-refractivity contribution in [2.45, 2.75) is 24.8 Å². The van der Waals surface area contributed by atoms with E-state index in [2.05, 4.69) is 10.2 Å². The molecule has 2 N–H and O–H groups in total. The average molecular weight is 282 g/mol. The first kappa shape index (κ1) is 15.9. The molecule has 0 spiro atoms. The minimum absolute atomic E-state index is 0.190. The SMILES string of the molecule is CCSc1cccc(NC(C)CN(C)C)c1C(=O)O. The molecule has 1 aromatic carbocycles. The highest BCUT2D eigenvalue weighted by molar-refractivity contribution is 7.99. The zero-order valence-corrected chi connectivity index (χ0v) is 12.8. The molecule has 0 saturated heterocycles. The lowest BCUT2D eigenvalue weighted by Crippen LogP contribution is -2.30. The van der Waals surface area contributed by atoms with E-state index in [9.17, 15) is 9.90 Å². The standard InChI is InChI=1S/C14H22N2O2S/c1-5-19-12-8-6-7-11(13(12)14(17)18)15-10(2)9-16(3)4/h6-8,10,15H,5,9H2,1-4H3,(H,17,18). The van der Waals surface area contributed by atoms with Gasteiger partial charge in [-0.3, -0.25) is 0 Å². The largest absolute Gasteiger partial charge is 0.478 e. The molecule has 0 aliphatic rings. The van der Waals surface area contributed by atoms with Gasteiger partial charge in [-0.1, -0.05) is 13.0 Å². The molecule has 4 nitrogen and oxygen atoms in total. The van der Waals surface area contributed by atoms with Gasteiger partial charge in [0.25, 0.3) is 0 Å². The van der Waals surface area contributed by atoms with Crippen LogP contribution in [0.15, 0.2) is 23.1 Å². The summed E-state index contributed by atoms with van der Waals surface area (Å²) >= 11 is 1.55. The average Bonchev–Trinajstić information content (AvgIpc) is 2.27. The number of rotatable bonds is 7. The van der Waals surface area contributed by atoms with Crippen LogP contribution in [0.3, 0.4) is 0 Å². The first-order chi connectivity index (χ1) is 8.95. The number of carboxylic acids is 1. The maximum atomic E-state index is 11.5. The number of aromatic carboxylic acids is 1. The van der Waals surface area contributed by atoms with Gasteiger partial charge >= 0.3 is 5.97 Å². The topological polar surface area (TPSA) is 52.6 Å². The van der Waals surface area contributed by atoms with E-state index in [0.29, 0.717) is 11.3 Å². The van der Waals surface area contributed by atoms with Crippen LogP contribution in [0, 0.1) is 0 Å². The minimum Gasteiger partial charge on any atom is -0.478 e. The van der Waals surface area contributed by atoms with Crippen molar-refractivity contribution in [3.05, 3.63) is 23.8 Å². The summed E-state index contributed by atoms with van der Waals surface area (Å²) in [6, 6.07) is 5.78. The Balaban J connectivity index is 2.99. The predicted octanol–water partition coefficient (Wildman–Crippen LogP) is 2.86. The maximum Gasteiger partial charge on any atom is 0.338 e. The first-order valence-corrected chi connectivity index (χ1v) is 7.34. The number of thioether (sulfide) groups is 1. The van der Waals surface area contributed by atoms with Crippen LogP contribution in [0.5, 0.6) is 0 Å². The van der Waals surface area contributed by atoms with Crippen molar-refractivity contribution < 1.29 is 9.90 Å². The number of hydrogen-bond donors (Lipinski definition) is 2. The fourth-order valence-corrected chi connectivity index (χ4v) is 2.83. The fourth-order valence-electron chi connectivity index (χ4n) is 2.01. The number of likely N-dealkylation sites (N-methyl/N-ethyl adjacent to an activating group) is 1. The van der Waals surface area contributed by atoms with Gasteiger partial charge in [0.15, 0.2) is 0 Å². The summed E-state index contributed by atoms with van der Waals surface area (Å²) in [4.78, 5) is 14.3. The van der Waals surface area contributed by atoms with Crippen molar-refractivity contribution in [1.29, 1.82) is 0 Å². The van der Waals surface area contributed by atoms with Gasteiger partial charge in [-0.25, -0.2) is 4.79 Å². The second kappa shape index (κ2) is 7.40. The molecule has 1 aromatic rings. The summed E-state index contributed by atoms with van der Waals surface area (Å²) in [5.74, 6) is -0.0205. The van der Waals surface area contributed by atoms with Gasteiger partial charge in [0.05, 0.1) is 11.3 Å². The third-order valence-electron chi connectivity index (χ3n) is 2.58. The molecule has 0 amide bonds. The highest BCUT2D eigenvalue weighted by Gasteiger charge is 2.16. The summed E-state index contributed by atoms with van der Waals surface area (Å²) < 4.78 is 0. The van der Waals surface area contributed by atoms with E-state index < -0.39 is 5.97 Å². The second-order valence-corrected chi connectivity index (χ2v) is 6.03. The monoisotopic (exact) mass is 282 g/mol. The van der Waals surface area contributed by atoms with Gasteiger partial charge < -0.3 is 15.3 Å². The lowest BCUT2D eigenvalue weighted by molar-refractivity contribution is 0.0694. The van der Waals surface area contributed by atoms with Gasteiger partial charge in [0.1, 0.15) is 0 Å². The van der Waals surface area contributed by atoms with Crippen LogP contribution in [0.4, 0.5) is 5.69 Å². The predicted molar refractivity (Wildman–Crippen MR) is 81.4 cm³/mol. The van der Waals surface area contributed by atoms with Crippen molar-refractivity contribution in [3.63, 3.8) is 0 Å². The smallest absolute Gasteiger partial charge is 0.338 e. The van der Waals surface area contributed by atoms with Crippen LogP contribution in [-0.2, 0) is 0 Å². The Labute approximate surface area is 119 Å². The Kier molecular flexibility index (Phi) is 6.18. The summed E-state index contributed by atoms with van der Waals surface area (Å²) in [6.07, 6.45) is 0. The molecule has 1 atom stereocenters. The van der Waals surface area contributed by atoms with Crippen molar-refractivity contribution in [2.24, 2.45) is 0 Å². The molecule has 19 heavy (non-hydrogen) atoms. The van der Waals surface area contributed by atoms with Gasteiger partial charge in [-0.2, -0.15) is 0 Å². The number of carboxylic acid groups (broad SMARTS) is 1. The second-order valence-electron chi connectivity index (χ2n) is 4.72. The molecule has 0 bridgehead atoms. The molecular formula is C14H22N2O2S. The Bertz CT molecular complexity index is 435. The summed E-state index contributed by atoms with van der Waals surface area (Å²) in [5, 5.41) is 12.7. The van der Waals surface area contributed by atoms with Crippen molar-refractivity contribution >= 4 is 23.4 Å². The molecular weight excluding hydrogens is 260 g/mol. The van der Waals surface area contributed by atoms with Gasteiger partial charge in [-0.05, 0) is 38.9 Å². The van der Waals surface area contributed by atoms with E-state index in [1.54, 1.807) is 11.8 Å². The third kappa shape index (κ3) is 4.76. The van der Waals surface area contributed by atoms with Crippen LogP contribution in [0.1, 0.15) is 24.2 Å². The normalized spacial score (nSPS) is 12.5. The van der Waals surface area contributed by atoms with Crippen LogP contribution >= 0.6 is 11.8 Å². The molecule has 106 valence electrons. The van der Waals surface area contributed by atoms with Gasteiger partial charge in [-0.15, -0.1) is 11.8 Å². The molecule has 1 rings (SSSR count). The number of benzene rings is 1. The highest BCUT2D eigenvalue weighted by Crippen LogP contribution is 2.29. The van der Waals surface area contributed by atoms with Crippen molar-refractivity contribution in [3.8, 4) is 0 Å². The number of nitrogens with zero attached hydrogens (tertiary/aromatic N) is 1. The Morgan fingerprint density at radius 2 is 2.16 bits per heavy atom. The summed E-state index contributed by atoms with van der Waals surface area (Å²) in [7, 11) is 4.00. The zero-order chi connectivity index (χ0) is 14.4. The summed E-state index contributed by atoms with van der Waals surface area (Å²) in [5.41, 5.74) is 1.07. The molecule has 0 saturated carbocycles. The van der Waals surface area contributed by atoms with E-state index in [-0.39, 0.29) is 6.04 Å². The van der Waals surface area contributed by atoms with Crippen LogP contribution < -0.4 is 5.32 Å². The van der Waals surface area contributed by atoms with Crippen molar-refractivity contribution in [2.75, 3.05) is 31.7 Å². The van der Waals surface area contributed by atoms with Crippen LogP contribution in [-0.4, -0.2) is 48.4 Å². The van der Waals surface area contributed by atoms with E-state index in [1.165, 1.54) is 0 Å². The van der Waals surface area contributed by atoms with E-state index in [4.69, 9.17) is 0 Å². The lowest BCUT2D eigenvalue weighted by Gasteiger charge is -2.21. The van der Waals surface area contributed by atoms with Gasteiger partial charge in [0.2, 0.25) is 0 Å². The minimum atomic E-state index is -0.879. The van der Waals surface area contributed by atoms with Crippen LogP contribution in [0.2, 0.25) is 0 Å². The molecule has 1 unspecified atom stereocenters. The molecule has 0 aromatic heterocycles. The zero-order valence-electron chi connectivity index (χ0n) is 11.9.